The van der Waals surface area contributed by atoms with E-state index in [2.05, 4.69) is 26.0 Å². The number of aromatic amines is 1. The second-order valence-corrected chi connectivity index (χ2v) is 6.45. The van der Waals surface area contributed by atoms with E-state index in [1.165, 1.54) is 0 Å². The molecule has 0 spiro atoms. The Balaban J connectivity index is 1.90. The van der Waals surface area contributed by atoms with Crippen LogP contribution >= 0.6 is 28.1 Å². The molecule has 0 bridgehead atoms. The lowest BCUT2D eigenvalue weighted by Crippen LogP contribution is -1.95. The predicted molar refractivity (Wildman–Crippen MR) is 105 cm³/mol. The van der Waals surface area contributed by atoms with E-state index in [1.807, 2.05) is 43.5 Å². The number of aromatic nitrogens is 2. The number of halogens is 1. The van der Waals surface area contributed by atoms with E-state index in [-0.39, 0.29) is 5.75 Å². The van der Waals surface area contributed by atoms with Crippen molar-refractivity contribution in [3.05, 3.63) is 63.5 Å². The zero-order chi connectivity index (χ0) is 17.8. The van der Waals surface area contributed by atoms with Gasteiger partial charge < -0.3 is 14.8 Å². The van der Waals surface area contributed by atoms with Gasteiger partial charge in [-0.25, -0.2) is 4.68 Å². The number of aromatic hydroxyl groups is 1. The molecule has 7 heteroatoms. The van der Waals surface area contributed by atoms with E-state index in [0.717, 1.165) is 16.8 Å². The molecule has 1 heterocycles. The quantitative estimate of drug-likeness (QED) is 0.455. The highest BCUT2D eigenvalue weighted by atomic mass is 79.9. The van der Waals surface area contributed by atoms with Crippen molar-refractivity contribution in [2.45, 2.75) is 6.92 Å². The van der Waals surface area contributed by atoms with Gasteiger partial charge in [0.25, 0.3) is 0 Å². The third-order valence-electron chi connectivity index (χ3n) is 3.47. The first-order chi connectivity index (χ1) is 12.1. The maximum atomic E-state index is 9.97. The Kier molecular flexibility index (Phi) is 5.35. The molecule has 1 aromatic heterocycles. The summed E-state index contributed by atoms with van der Waals surface area (Å²) in [5, 5.41) is 14.4. The van der Waals surface area contributed by atoms with E-state index in [0.29, 0.717) is 21.6 Å². The molecule has 0 aliphatic rings. The number of imidazole rings is 1. The lowest BCUT2D eigenvalue weighted by molar-refractivity contribution is 0.317. The average Bonchev–Trinajstić information content (AvgIpc) is 2.99. The molecule has 0 saturated carbocycles. The van der Waals surface area contributed by atoms with Crippen LogP contribution in [0, 0.1) is 4.77 Å². The fourth-order valence-corrected chi connectivity index (χ4v) is 2.97. The van der Waals surface area contributed by atoms with Crippen LogP contribution in [0.25, 0.3) is 11.3 Å². The van der Waals surface area contributed by atoms with Crippen LogP contribution in [0.2, 0.25) is 0 Å². The standard InChI is InChI=1S/C18H16BrN3O2S/c1-2-24-16-9-12(8-14(19)17(16)23)10-20-22-11-15(21-18(22)25)13-6-4-3-5-7-13/h3-11,23H,2H2,1H3,(H,21,25)/b20-10+. The molecule has 0 saturated heterocycles. The highest BCUT2D eigenvalue weighted by Gasteiger charge is 2.08. The summed E-state index contributed by atoms with van der Waals surface area (Å²) < 4.78 is 8.06. The summed E-state index contributed by atoms with van der Waals surface area (Å²) in [6.45, 7) is 2.32. The molecule has 0 radical (unpaired) electrons. The van der Waals surface area contributed by atoms with Crippen molar-refractivity contribution >= 4 is 34.4 Å². The maximum Gasteiger partial charge on any atom is 0.198 e. The second kappa shape index (κ2) is 7.67. The number of hydrogen-bond donors (Lipinski definition) is 2. The first kappa shape index (κ1) is 17.4. The first-order valence-corrected chi connectivity index (χ1v) is 8.85. The SMILES string of the molecule is CCOc1cc(/C=N/n2cc(-c3ccccc3)[nH]c2=S)cc(Br)c1O. The molecule has 0 atom stereocenters. The van der Waals surface area contributed by atoms with Crippen molar-refractivity contribution in [2.75, 3.05) is 6.61 Å². The Hall–Kier alpha value is -2.38. The average molecular weight is 418 g/mol. The molecule has 0 unspecified atom stereocenters. The third-order valence-corrected chi connectivity index (χ3v) is 4.36. The Labute approximate surface area is 158 Å². The topological polar surface area (TPSA) is 62.5 Å². The number of nitrogens with one attached hydrogen (secondary N) is 1. The van der Waals surface area contributed by atoms with Gasteiger partial charge in [0.1, 0.15) is 0 Å². The number of ether oxygens (including phenoxy) is 1. The van der Waals surface area contributed by atoms with Gasteiger partial charge in [-0.1, -0.05) is 30.3 Å². The van der Waals surface area contributed by atoms with Crippen LogP contribution in [0.3, 0.4) is 0 Å². The minimum Gasteiger partial charge on any atom is -0.503 e. The fourth-order valence-electron chi connectivity index (χ4n) is 2.30. The lowest BCUT2D eigenvalue weighted by Gasteiger charge is -2.08. The van der Waals surface area contributed by atoms with Crippen molar-refractivity contribution in [3.63, 3.8) is 0 Å². The first-order valence-electron chi connectivity index (χ1n) is 7.65. The number of phenols is 1. The van der Waals surface area contributed by atoms with Crippen LogP contribution in [-0.4, -0.2) is 27.6 Å². The molecule has 2 aromatic carbocycles. The zero-order valence-electron chi connectivity index (χ0n) is 13.4. The molecule has 0 aliphatic heterocycles. The summed E-state index contributed by atoms with van der Waals surface area (Å²) in [7, 11) is 0. The van der Waals surface area contributed by atoms with Gasteiger partial charge in [-0.2, -0.15) is 5.10 Å². The summed E-state index contributed by atoms with van der Waals surface area (Å²) in [6.07, 6.45) is 3.50. The molecule has 0 amide bonds. The van der Waals surface area contributed by atoms with Crippen molar-refractivity contribution in [1.82, 2.24) is 9.66 Å². The number of rotatable bonds is 5. The molecular formula is C18H16BrN3O2S. The highest BCUT2D eigenvalue weighted by molar-refractivity contribution is 9.10. The smallest absolute Gasteiger partial charge is 0.198 e. The predicted octanol–water partition coefficient (Wildman–Crippen LogP) is 4.96. The number of hydrogen-bond acceptors (Lipinski definition) is 4. The van der Waals surface area contributed by atoms with E-state index < -0.39 is 0 Å². The van der Waals surface area contributed by atoms with E-state index in [4.69, 9.17) is 17.0 Å². The molecule has 0 fully saturated rings. The molecular weight excluding hydrogens is 402 g/mol. The fraction of sp³-hybridized carbons (Fsp3) is 0.111. The van der Waals surface area contributed by atoms with Gasteiger partial charge in [-0.15, -0.1) is 0 Å². The van der Waals surface area contributed by atoms with Gasteiger partial charge in [-0.05, 0) is 58.3 Å². The summed E-state index contributed by atoms with van der Waals surface area (Å²) in [5.41, 5.74) is 2.70. The molecule has 3 rings (SSSR count). The van der Waals surface area contributed by atoms with Gasteiger partial charge in [0.2, 0.25) is 0 Å². The van der Waals surface area contributed by atoms with Gasteiger partial charge in [0.15, 0.2) is 16.3 Å². The normalized spacial score (nSPS) is 11.1. The zero-order valence-corrected chi connectivity index (χ0v) is 15.8. The Bertz CT molecular complexity index is 964. The lowest BCUT2D eigenvalue weighted by atomic mass is 10.2. The van der Waals surface area contributed by atoms with Crippen molar-refractivity contribution in [2.24, 2.45) is 5.10 Å². The van der Waals surface area contributed by atoms with Crippen LogP contribution in [-0.2, 0) is 0 Å². The number of benzene rings is 2. The van der Waals surface area contributed by atoms with Crippen LogP contribution in [0.4, 0.5) is 0 Å². The second-order valence-electron chi connectivity index (χ2n) is 5.21. The van der Waals surface area contributed by atoms with Gasteiger partial charge in [0.05, 0.1) is 29.2 Å². The maximum absolute atomic E-state index is 9.97. The molecule has 0 aliphatic carbocycles. The van der Waals surface area contributed by atoms with Gasteiger partial charge in [-0.3, -0.25) is 0 Å². The van der Waals surface area contributed by atoms with Crippen LogP contribution in [0.5, 0.6) is 11.5 Å². The summed E-state index contributed by atoms with van der Waals surface area (Å²) in [5.74, 6) is 0.476. The molecule has 2 N–H and O–H groups in total. The van der Waals surface area contributed by atoms with Crippen LogP contribution in [0.15, 0.2) is 58.2 Å². The Morgan fingerprint density at radius 2 is 2.08 bits per heavy atom. The molecule has 128 valence electrons. The van der Waals surface area contributed by atoms with Crippen molar-refractivity contribution in [3.8, 4) is 22.8 Å². The van der Waals surface area contributed by atoms with E-state index in [9.17, 15) is 5.11 Å². The minimum atomic E-state index is 0.0728. The van der Waals surface area contributed by atoms with Crippen LogP contribution in [0.1, 0.15) is 12.5 Å². The van der Waals surface area contributed by atoms with Crippen molar-refractivity contribution < 1.29 is 9.84 Å². The number of phenolic OH excluding ortho intramolecular Hbond substituents is 1. The Morgan fingerprint density at radius 3 is 2.80 bits per heavy atom. The third kappa shape index (κ3) is 4.00. The monoisotopic (exact) mass is 417 g/mol. The van der Waals surface area contributed by atoms with Gasteiger partial charge >= 0.3 is 0 Å². The number of H-pyrrole nitrogens is 1. The van der Waals surface area contributed by atoms with E-state index >= 15 is 0 Å². The summed E-state index contributed by atoms with van der Waals surface area (Å²) in [6, 6.07) is 13.4. The molecule has 5 nitrogen and oxygen atoms in total. The molecule has 25 heavy (non-hydrogen) atoms. The van der Waals surface area contributed by atoms with Gasteiger partial charge in [0, 0.05) is 0 Å². The van der Waals surface area contributed by atoms with Crippen molar-refractivity contribution in [1.29, 1.82) is 0 Å². The summed E-state index contributed by atoms with van der Waals surface area (Å²) in [4.78, 5) is 3.14. The van der Waals surface area contributed by atoms with E-state index in [1.54, 1.807) is 23.0 Å². The molecule has 3 aromatic rings. The number of nitrogens with zero attached hydrogens (tertiary/aromatic N) is 2. The minimum absolute atomic E-state index is 0.0728. The van der Waals surface area contributed by atoms with Crippen LogP contribution < -0.4 is 4.74 Å². The Morgan fingerprint density at radius 1 is 1.32 bits per heavy atom. The largest absolute Gasteiger partial charge is 0.503 e. The highest BCUT2D eigenvalue weighted by Crippen LogP contribution is 2.35. The summed E-state index contributed by atoms with van der Waals surface area (Å²) >= 11 is 8.64.